The summed E-state index contributed by atoms with van der Waals surface area (Å²) >= 11 is 0. The fourth-order valence-corrected chi connectivity index (χ4v) is 2.57. The van der Waals surface area contributed by atoms with E-state index in [2.05, 4.69) is 23.4 Å². The van der Waals surface area contributed by atoms with Gasteiger partial charge in [0.25, 0.3) is 0 Å². The van der Waals surface area contributed by atoms with Crippen molar-refractivity contribution in [2.75, 3.05) is 26.7 Å². The van der Waals surface area contributed by atoms with E-state index in [-0.39, 0.29) is 0 Å². The number of hydrogen-bond acceptors (Lipinski definition) is 2. The third kappa shape index (κ3) is 1.88. The Balaban J connectivity index is 1.95. The molecule has 2 aliphatic rings. The molecule has 0 aromatic rings. The summed E-state index contributed by atoms with van der Waals surface area (Å²) in [5.74, 6) is 0. The highest BCUT2D eigenvalue weighted by Gasteiger charge is 2.26. The first-order chi connectivity index (χ1) is 6.27. The lowest BCUT2D eigenvalue weighted by Gasteiger charge is -2.39. The molecule has 74 valence electrons. The predicted molar refractivity (Wildman–Crippen MR) is 55.6 cm³/mol. The average molecular weight is 180 g/mol. The molecule has 2 rings (SSSR count). The van der Waals surface area contributed by atoms with Gasteiger partial charge in [0.15, 0.2) is 0 Å². The molecule has 1 aliphatic carbocycles. The minimum atomic E-state index is 0.821. The standard InChI is InChI=1S/C11H20N2/c1-10-9-12(2)7-8-13(10)11-5-3-4-6-11/h11H,1,3-9H2,2H3. The SMILES string of the molecule is C=C1CN(C)CCN1C1CCCC1. The number of piperazine rings is 1. The van der Waals surface area contributed by atoms with Crippen molar-refractivity contribution >= 4 is 0 Å². The first-order valence-corrected chi connectivity index (χ1v) is 5.40. The molecule has 0 atom stereocenters. The predicted octanol–water partition coefficient (Wildman–Crippen LogP) is 1.69. The van der Waals surface area contributed by atoms with Crippen LogP contribution in [0.5, 0.6) is 0 Å². The quantitative estimate of drug-likeness (QED) is 0.606. The number of likely N-dealkylation sites (N-methyl/N-ethyl adjacent to an activating group) is 1. The summed E-state index contributed by atoms with van der Waals surface area (Å²) in [4.78, 5) is 4.90. The summed E-state index contributed by atoms with van der Waals surface area (Å²) in [7, 11) is 2.18. The third-order valence-electron chi connectivity index (χ3n) is 3.35. The molecule has 0 amide bonds. The zero-order valence-corrected chi connectivity index (χ0v) is 8.63. The smallest absolute Gasteiger partial charge is 0.0375 e. The lowest BCUT2D eigenvalue weighted by molar-refractivity contribution is 0.162. The Labute approximate surface area is 81.2 Å². The van der Waals surface area contributed by atoms with E-state index in [4.69, 9.17) is 0 Å². The molecular formula is C11H20N2. The summed E-state index contributed by atoms with van der Waals surface area (Å²) in [6.07, 6.45) is 5.63. The Morgan fingerprint density at radius 3 is 2.54 bits per heavy atom. The molecule has 1 aliphatic heterocycles. The molecule has 0 spiro atoms. The fraction of sp³-hybridized carbons (Fsp3) is 0.818. The lowest BCUT2D eigenvalue weighted by Crippen LogP contribution is -2.46. The van der Waals surface area contributed by atoms with Crippen LogP contribution in [0.3, 0.4) is 0 Å². The Morgan fingerprint density at radius 1 is 1.23 bits per heavy atom. The van der Waals surface area contributed by atoms with Gasteiger partial charge in [0, 0.05) is 31.4 Å². The molecule has 0 unspecified atom stereocenters. The minimum Gasteiger partial charge on any atom is -0.370 e. The molecule has 2 heteroatoms. The van der Waals surface area contributed by atoms with Crippen molar-refractivity contribution in [1.29, 1.82) is 0 Å². The van der Waals surface area contributed by atoms with Crippen LogP contribution in [0.1, 0.15) is 25.7 Å². The van der Waals surface area contributed by atoms with E-state index in [0.29, 0.717) is 0 Å². The zero-order valence-electron chi connectivity index (χ0n) is 8.63. The van der Waals surface area contributed by atoms with Gasteiger partial charge in [-0.2, -0.15) is 0 Å². The molecule has 0 aromatic heterocycles. The molecule has 13 heavy (non-hydrogen) atoms. The Hall–Kier alpha value is -0.500. The van der Waals surface area contributed by atoms with E-state index in [1.807, 2.05) is 0 Å². The van der Waals surface area contributed by atoms with Gasteiger partial charge >= 0.3 is 0 Å². The Morgan fingerprint density at radius 2 is 1.92 bits per heavy atom. The van der Waals surface area contributed by atoms with Crippen molar-refractivity contribution in [3.63, 3.8) is 0 Å². The van der Waals surface area contributed by atoms with Crippen molar-refractivity contribution in [2.24, 2.45) is 0 Å². The van der Waals surface area contributed by atoms with Crippen LogP contribution >= 0.6 is 0 Å². The molecular weight excluding hydrogens is 160 g/mol. The van der Waals surface area contributed by atoms with Gasteiger partial charge in [-0.3, -0.25) is 4.90 Å². The molecule has 2 fully saturated rings. The van der Waals surface area contributed by atoms with E-state index in [0.717, 1.165) is 12.6 Å². The molecule has 2 nitrogen and oxygen atoms in total. The van der Waals surface area contributed by atoms with Crippen LogP contribution < -0.4 is 0 Å². The summed E-state index contributed by atoms with van der Waals surface area (Å²) in [5, 5.41) is 0. The Kier molecular flexibility index (Phi) is 2.58. The first-order valence-electron chi connectivity index (χ1n) is 5.40. The van der Waals surface area contributed by atoms with Gasteiger partial charge in [0.2, 0.25) is 0 Å². The van der Waals surface area contributed by atoms with Crippen molar-refractivity contribution in [3.8, 4) is 0 Å². The van der Waals surface area contributed by atoms with Crippen molar-refractivity contribution in [3.05, 3.63) is 12.3 Å². The summed E-state index contributed by atoms with van der Waals surface area (Å²) in [6, 6.07) is 0.821. The summed E-state index contributed by atoms with van der Waals surface area (Å²) < 4.78 is 0. The van der Waals surface area contributed by atoms with Crippen molar-refractivity contribution in [2.45, 2.75) is 31.7 Å². The van der Waals surface area contributed by atoms with Gasteiger partial charge in [-0.15, -0.1) is 0 Å². The van der Waals surface area contributed by atoms with Crippen LogP contribution in [0.4, 0.5) is 0 Å². The van der Waals surface area contributed by atoms with Crippen LogP contribution in [0.2, 0.25) is 0 Å². The highest BCUT2D eigenvalue weighted by atomic mass is 15.3. The van der Waals surface area contributed by atoms with Gasteiger partial charge in [0.05, 0.1) is 0 Å². The van der Waals surface area contributed by atoms with Gasteiger partial charge in [-0.1, -0.05) is 19.4 Å². The van der Waals surface area contributed by atoms with Gasteiger partial charge < -0.3 is 4.90 Å². The summed E-state index contributed by atoms with van der Waals surface area (Å²) in [6.45, 7) is 7.64. The highest BCUT2D eigenvalue weighted by molar-refractivity contribution is 5.03. The fourth-order valence-electron chi connectivity index (χ4n) is 2.57. The van der Waals surface area contributed by atoms with Crippen LogP contribution in [0.25, 0.3) is 0 Å². The van der Waals surface area contributed by atoms with Gasteiger partial charge in [-0.05, 0) is 19.9 Å². The van der Waals surface area contributed by atoms with Gasteiger partial charge in [0.1, 0.15) is 0 Å². The second kappa shape index (κ2) is 3.70. The van der Waals surface area contributed by atoms with E-state index in [9.17, 15) is 0 Å². The monoisotopic (exact) mass is 180 g/mol. The number of hydrogen-bond donors (Lipinski definition) is 0. The normalized spacial score (nSPS) is 27.2. The van der Waals surface area contributed by atoms with E-state index in [1.165, 1.54) is 44.5 Å². The van der Waals surface area contributed by atoms with E-state index in [1.54, 1.807) is 0 Å². The summed E-state index contributed by atoms with van der Waals surface area (Å²) in [5.41, 5.74) is 1.33. The average Bonchev–Trinajstić information content (AvgIpc) is 2.56. The van der Waals surface area contributed by atoms with Crippen LogP contribution in [0.15, 0.2) is 12.3 Å². The zero-order chi connectivity index (χ0) is 9.26. The number of nitrogens with zero attached hydrogens (tertiary/aromatic N) is 2. The maximum atomic E-state index is 4.17. The minimum absolute atomic E-state index is 0.821. The second-order valence-electron chi connectivity index (χ2n) is 4.44. The molecule has 0 aromatic carbocycles. The topological polar surface area (TPSA) is 6.48 Å². The van der Waals surface area contributed by atoms with E-state index >= 15 is 0 Å². The maximum Gasteiger partial charge on any atom is 0.0375 e. The molecule has 1 saturated heterocycles. The first kappa shape index (κ1) is 9.07. The van der Waals surface area contributed by atoms with Crippen molar-refractivity contribution in [1.82, 2.24) is 9.80 Å². The van der Waals surface area contributed by atoms with Gasteiger partial charge in [-0.25, -0.2) is 0 Å². The van der Waals surface area contributed by atoms with Crippen molar-refractivity contribution < 1.29 is 0 Å². The highest BCUT2D eigenvalue weighted by Crippen LogP contribution is 2.27. The molecule has 1 saturated carbocycles. The second-order valence-corrected chi connectivity index (χ2v) is 4.44. The Bertz CT molecular complexity index is 194. The van der Waals surface area contributed by atoms with Crippen LogP contribution in [-0.2, 0) is 0 Å². The number of rotatable bonds is 1. The largest absolute Gasteiger partial charge is 0.370 e. The molecule has 0 radical (unpaired) electrons. The molecule has 0 bridgehead atoms. The van der Waals surface area contributed by atoms with Crippen LogP contribution in [-0.4, -0.2) is 42.5 Å². The molecule has 0 N–H and O–H groups in total. The van der Waals surface area contributed by atoms with E-state index < -0.39 is 0 Å². The maximum absolute atomic E-state index is 4.17. The van der Waals surface area contributed by atoms with Crippen LogP contribution in [0, 0.1) is 0 Å². The lowest BCUT2D eigenvalue weighted by atomic mass is 10.1. The molecule has 1 heterocycles. The third-order valence-corrected chi connectivity index (χ3v) is 3.35.